The van der Waals surface area contributed by atoms with Crippen molar-refractivity contribution in [2.75, 3.05) is 6.61 Å². The highest BCUT2D eigenvalue weighted by Crippen LogP contribution is 2.13. The molecule has 2 nitrogen and oxygen atoms in total. The SMILES string of the molecule is N[C@H](CO)CC1=CC[CH]C=C1. The van der Waals surface area contributed by atoms with E-state index in [2.05, 4.69) is 12.5 Å². The number of rotatable bonds is 3. The van der Waals surface area contributed by atoms with Crippen LogP contribution in [0.2, 0.25) is 0 Å². The molecule has 0 unspecified atom stereocenters. The van der Waals surface area contributed by atoms with Crippen LogP contribution in [0.1, 0.15) is 12.8 Å². The lowest BCUT2D eigenvalue weighted by Gasteiger charge is -2.10. The molecule has 1 radical (unpaired) electrons. The molecule has 61 valence electrons. The van der Waals surface area contributed by atoms with Crippen LogP contribution in [0, 0.1) is 6.42 Å². The van der Waals surface area contributed by atoms with Crippen LogP contribution in [0.25, 0.3) is 0 Å². The van der Waals surface area contributed by atoms with Gasteiger partial charge in [-0.3, -0.25) is 0 Å². The van der Waals surface area contributed by atoms with E-state index in [1.54, 1.807) is 0 Å². The van der Waals surface area contributed by atoms with Crippen LogP contribution in [0.3, 0.4) is 0 Å². The highest BCUT2D eigenvalue weighted by molar-refractivity contribution is 5.26. The number of aliphatic hydroxyl groups excluding tert-OH is 1. The molecular formula is C9H14NO. The molecule has 0 saturated heterocycles. The Morgan fingerprint density at radius 3 is 3.00 bits per heavy atom. The monoisotopic (exact) mass is 152 g/mol. The average Bonchev–Trinajstić information content (AvgIpc) is 2.06. The van der Waals surface area contributed by atoms with Gasteiger partial charge in [0.2, 0.25) is 0 Å². The van der Waals surface area contributed by atoms with Crippen molar-refractivity contribution in [1.82, 2.24) is 0 Å². The molecule has 0 aromatic heterocycles. The molecule has 1 aliphatic rings. The molecule has 2 heteroatoms. The zero-order valence-electron chi connectivity index (χ0n) is 6.53. The van der Waals surface area contributed by atoms with Crippen molar-refractivity contribution in [1.29, 1.82) is 0 Å². The van der Waals surface area contributed by atoms with Gasteiger partial charge in [0.15, 0.2) is 0 Å². The molecule has 0 saturated carbocycles. The molecule has 0 aliphatic heterocycles. The van der Waals surface area contributed by atoms with E-state index in [4.69, 9.17) is 10.8 Å². The largest absolute Gasteiger partial charge is 0.395 e. The van der Waals surface area contributed by atoms with Gasteiger partial charge in [-0.05, 0) is 19.3 Å². The second-order valence-electron chi connectivity index (χ2n) is 2.76. The van der Waals surface area contributed by atoms with Crippen LogP contribution >= 0.6 is 0 Å². The lowest BCUT2D eigenvalue weighted by Crippen LogP contribution is -2.24. The first kappa shape index (κ1) is 8.50. The van der Waals surface area contributed by atoms with Crippen molar-refractivity contribution >= 4 is 0 Å². The second-order valence-corrected chi connectivity index (χ2v) is 2.76. The normalized spacial score (nSPS) is 19.6. The van der Waals surface area contributed by atoms with Gasteiger partial charge in [-0.2, -0.15) is 0 Å². The minimum atomic E-state index is -0.107. The molecule has 0 heterocycles. The number of aliphatic hydroxyl groups is 1. The van der Waals surface area contributed by atoms with E-state index in [-0.39, 0.29) is 12.6 Å². The summed E-state index contributed by atoms with van der Waals surface area (Å²) in [7, 11) is 0. The number of hydrogen-bond donors (Lipinski definition) is 2. The maximum Gasteiger partial charge on any atom is 0.0585 e. The van der Waals surface area contributed by atoms with Crippen LogP contribution in [0.5, 0.6) is 0 Å². The summed E-state index contributed by atoms with van der Waals surface area (Å²) in [4.78, 5) is 0. The van der Waals surface area contributed by atoms with Crippen molar-refractivity contribution < 1.29 is 5.11 Å². The fraction of sp³-hybridized carbons (Fsp3) is 0.444. The van der Waals surface area contributed by atoms with E-state index >= 15 is 0 Å². The molecule has 0 fully saturated rings. The van der Waals surface area contributed by atoms with E-state index in [1.165, 1.54) is 5.57 Å². The number of nitrogens with two attached hydrogens (primary N) is 1. The number of allylic oxidation sites excluding steroid dienone is 3. The fourth-order valence-corrected chi connectivity index (χ4v) is 1.08. The Kier molecular flexibility index (Phi) is 3.33. The summed E-state index contributed by atoms with van der Waals surface area (Å²) in [6.07, 6.45) is 10.1. The highest BCUT2D eigenvalue weighted by Gasteiger charge is 2.03. The average molecular weight is 152 g/mol. The Morgan fingerprint density at radius 2 is 2.45 bits per heavy atom. The Bertz CT molecular complexity index is 172. The molecule has 0 aromatic rings. The zero-order valence-corrected chi connectivity index (χ0v) is 6.53. The molecular weight excluding hydrogens is 138 g/mol. The summed E-state index contributed by atoms with van der Waals surface area (Å²) < 4.78 is 0. The lowest BCUT2D eigenvalue weighted by molar-refractivity contribution is 0.265. The van der Waals surface area contributed by atoms with E-state index in [0.717, 1.165) is 12.8 Å². The molecule has 1 atom stereocenters. The first-order valence-corrected chi connectivity index (χ1v) is 3.88. The summed E-state index contributed by atoms with van der Waals surface area (Å²) in [5, 5.41) is 8.68. The summed E-state index contributed by atoms with van der Waals surface area (Å²) in [6, 6.07) is -0.107. The van der Waals surface area contributed by atoms with Crippen molar-refractivity contribution in [3.63, 3.8) is 0 Å². The van der Waals surface area contributed by atoms with Gasteiger partial charge in [0, 0.05) is 6.04 Å². The van der Waals surface area contributed by atoms with E-state index in [0.29, 0.717) is 0 Å². The second kappa shape index (κ2) is 4.31. The van der Waals surface area contributed by atoms with Crippen LogP contribution in [0.4, 0.5) is 0 Å². The quantitative estimate of drug-likeness (QED) is 0.628. The molecule has 0 spiro atoms. The van der Waals surface area contributed by atoms with Crippen molar-refractivity contribution in [2.24, 2.45) is 5.73 Å². The topological polar surface area (TPSA) is 46.2 Å². The summed E-state index contributed by atoms with van der Waals surface area (Å²) in [5.41, 5.74) is 6.80. The highest BCUT2D eigenvalue weighted by atomic mass is 16.3. The van der Waals surface area contributed by atoms with Gasteiger partial charge in [0.25, 0.3) is 0 Å². The summed E-state index contributed by atoms with van der Waals surface area (Å²) >= 11 is 0. The Balaban J connectivity index is 2.36. The maximum atomic E-state index is 8.68. The van der Waals surface area contributed by atoms with Crippen molar-refractivity contribution in [2.45, 2.75) is 18.9 Å². The van der Waals surface area contributed by atoms with Gasteiger partial charge in [-0.15, -0.1) is 0 Å². The third-order valence-electron chi connectivity index (χ3n) is 1.69. The van der Waals surface area contributed by atoms with Crippen LogP contribution in [-0.2, 0) is 0 Å². The van der Waals surface area contributed by atoms with Gasteiger partial charge >= 0.3 is 0 Å². The van der Waals surface area contributed by atoms with Crippen LogP contribution in [-0.4, -0.2) is 17.8 Å². The maximum absolute atomic E-state index is 8.68. The van der Waals surface area contributed by atoms with Gasteiger partial charge < -0.3 is 10.8 Å². The van der Waals surface area contributed by atoms with Gasteiger partial charge in [0.05, 0.1) is 6.61 Å². The van der Waals surface area contributed by atoms with Crippen LogP contribution in [0.15, 0.2) is 23.8 Å². The van der Waals surface area contributed by atoms with Gasteiger partial charge in [-0.1, -0.05) is 23.8 Å². The molecule has 11 heavy (non-hydrogen) atoms. The first-order valence-electron chi connectivity index (χ1n) is 3.88. The summed E-state index contributed by atoms with van der Waals surface area (Å²) in [5.74, 6) is 0. The van der Waals surface area contributed by atoms with E-state index in [9.17, 15) is 0 Å². The third-order valence-corrected chi connectivity index (χ3v) is 1.69. The van der Waals surface area contributed by atoms with E-state index in [1.807, 2.05) is 12.2 Å². The molecule has 1 rings (SSSR count). The molecule has 0 aromatic carbocycles. The van der Waals surface area contributed by atoms with Crippen molar-refractivity contribution in [3.05, 3.63) is 30.2 Å². The molecule has 0 amide bonds. The van der Waals surface area contributed by atoms with Crippen LogP contribution < -0.4 is 5.73 Å². The zero-order chi connectivity index (χ0) is 8.10. The molecule has 3 N–H and O–H groups in total. The van der Waals surface area contributed by atoms with Gasteiger partial charge in [-0.25, -0.2) is 0 Å². The minimum absolute atomic E-state index is 0.0644. The standard InChI is InChI=1S/C9H14NO/c10-9(7-11)6-8-4-2-1-3-5-8/h1-2,4-5,9,11H,3,6-7,10H2/t9-/m0/s1. The summed E-state index contributed by atoms with van der Waals surface area (Å²) in [6.45, 7) is 0.0644. The lowest BCUT2D eigenvalue weighted by atomic mass is 10.0. The third kappa shape index (κ3) is 2.87. The predicted octanol–water partition coefficient (Wildman–Crippen LogP) is 0.787. The van der Waals surface area contributed by atoms with Crippen molar-refractivity contribution in [3.8, 4) is 0 Å². The Hall–Kier alpha value is -0.600. The Labute approximate surface area is 67.4 Å². The Morgan fingerprint density at radius 1 is 1.64 bits per heavy atom. The van der Waals surface area contributed by atoms with E-state index < -0.39 is 0 Å². The molecule has 1 aliphatic carbocycles. The first-order chi connectivity index (χ1) is 5.33. The number of hydrogen-bond acceptors (Lipinski definition) is 2. The van der Waals surface area contributed by atoms with Gasteiger partial charge in [0.1, 0.15) is 0 Å². The smallest absolute Gasteiger partial charge is 0.0585 e. The predicted molar refractivity (Wildman–Crippen MR) is 45.8 cm³/mol. The molecule has 0 bridgehead atoms. The fourth-order valence-electron chi connectivity index (χ4n) is 1.08. The minimum Gasteiger partial charge on any atom is -0.395 e.